The number of hydrogen-bond donors (Lipinski definition) is 0. The Morgan fingerprint density at radius 1 is 1.10 bits per heavy atom. The smallest absolute Gasteiger partial charge is 0.349 e. The first kappa shape index (κ1) is 14.8. The van der Waals surface area contributed by atoms with Crippen LogP contribution in [0.2, 0.25) is 0 Å². The van der Waals surface area contributed by atoms with Crippen LogP contribution in [0.25, 0.3) is 10.8 Å². The molecule has 2 rings (SSSR count). The fourth-order valence-corrected chi connectivity index (χ4v) is 1.93. The van der Waals surface area contributed by atoms with Crippen LogP contribution in [0, 0.1) is 6.92 Å². The first-order chi connectivity index (χ1) is 9.99. The van der Waals surface area contributed by atoms with Crippen molar-refractivity contribution in [3.05, 3.63) is 54.1 Å². The van der Waals surface area contributed by atoms with Crippen LogP contribution >= 0.6 is 0 Å². The molecule has 21 heavy (non-hydrogen) atoms. The second-order valence-electron chi connectivity index (χ2n) is 4.76. The van der Waals surface area contributed by atoms with E-state index in [9.17, 15) is 9.59 Å². The van der Waals surface area contributed by atoms with Crippen LogP contribution in [-0.4, -0.2) is 18.5 Å². The Balaban J connectivity index is 2.13. The summed E-state index contributed by atoms with van der Waals surface area (Å²) in [7, 11) is 0. The van der Waals surface area contributed by atoms with E-state index in [0.717, 1.165) is 16.3 Å². The Labute approximate surface area is 123 Å². The van der Waals surface area contributed by atoms with Gasteiger partial charge in [-0.2, -0.15) is 0 Å². The van der Waals surface area contributed by atoms with Crippen LogP contribution in [-0.2, 0) is 14.3 Å². The van der Waals surface area contributed by atoms with Gasteiger partial charge in [0, 0.05) is 11.0 Å². The van der Waals surface area contributed by atoms with Crippen molar-refractivity contribution in [2.75, 3.05) is 6.61 Å². The monoisotopic (exact) mass is 284 g/mol. The van der Waals surface area contributed by atoms with Crippen molar-refractivity contribution in [3.8, 4) is 5.75 Å². The fourth-order valence-electron chi connectivity index (χ4n) is 1.93. The minimum Gasteiger partial charge on any atom is -0.450 e. The van der Waals surface area contributed by atoms with E-state index in [4.69, 9.17) is 9.47 Å². The maximum atomic E-state index is 11.7. The zero-order valence-electron chi connectivity index (χ0n) is 12.0. The topological polar surface area (TPSA) is 52.6 Å². The van der Waals surface area contributed by atoms with Gasteiger partial charge in [-0.3, -0.25) is 0 Å². The highest BCUT2D eigenvalue weighted by atomic mass is 16.6. The lowest BCUT2D eigenvalue weighted by Crippen LogP contribution is -2.19. The van der Waals surface area contributed by atoms with Gasteiger partial charge in [-0.15, -0.1) is 0 Å². The Kier molecular flexibility index (Phi) is 4.38. The van der Waals surface area contributed by atoms with Crippen molar-refractivity contribution in [1.29, 1.82) is 0 Å². The molecule has 0 aromatic heterocycles. The molecule has 108 valence electrons. The Morgan fingerprint density at radius 3 is 2.48 bits per heavy atom. The van der Waals surface area contributed by atoms with Crippen molar-refractivity contribution in [3.63, 3.8) is 0 Å². The molecule has 2 aromatic carbocycles. The molecule has 4 heteroatoms. The highest BCUT2D eigenvalue weighted by Gasteiger charge is 2.12. The van der Waals surface area contributed by atoms with Crippen LogP contribution in [0.1, 0.15) is 12.5 Å². The van der Waals surface area contributed by atoms with Crippen molar-refractivity contribution >= 4 is 22.7 Å². The average Bonchev–Trinajstić information content (AvgIpc) is 2.45. The number of hydrogen-bond acceptors (Lipinski definition) is 4. The zero-order valence-corrected chi connectivity index (χ0v) is 12.0. The Morgan fingerprint density at radius 2 is 1.76 bits per heavy atom. The molecule has 0 saturated carbocycles. The predicted molar refractivity (Wildman–Crippen MR) is 80.1 cm³/mol. The first-order valence-electron chi connectivity index (χ1n) is 6.50. The van der Waals surface area contributed by atoms with E-state index >= 15 is 0 Å². The van der Waals surface area contributed by atoms with Crippen LogP contribution in [0.4, 0.5) is 0 Å². The predicted octanol–water partition coefficient (Wildman–Crippen LogP) is 3.17. The van der Waals surface area contributed by atoms with Gasteiger partial charge in [0.05, 0.1) is 0 Å². The minimum atomic E-state index is -0.626. The number of rotatable bonds is 4. The standard InChI is InChI=1S/C17H16O4/c1-11(2)17(19)20-10-16(18)21-15-9-5-7-13-12(3)6-4-8-14(13)15/h4-9H,1,10H2,2-3H3. The van der Waals surface area contributed by atoms with Gasteiger partial charge >= 0.3 is 11.9 Å². The number of aryl methyl sites for hydroxylation is 1. The summed E-state index contributed by atoms with van der Waals surface area (Å²) in [6, 6.07) is 11.3. The van der Waals surface area contributed by atoms with Gasteiger partial charge in [-0.1, -0.05) is 36.9 Å². The molecule has 2 aromatic rings. The largest absolute Gasteiger partial charge is 0.450 e. The lowest BCUT2D eigenvalue weighted by atomic mass is 10.1. The molecule has 0 bridgehead atoms. The SMILES string of the molecule is C=C(C)C(=O)OCC(=O)Oc1cccc2c(C)cccc12. The summed E-state index contributed by atoms with van der Waals surface area (Å²) >= 11 is 0. The van der Waals surface area contributed by atoms with Crippen LogP contribution in [0.15, 0.2) is 48.6 Å². The fraction of sp³-hybridized carbons (Fsp3) is 0.176. The highest BCUT2D eigenvalue weighted by molar-refractivity contribution is 5.93. The van der Waals surface area contributed by atoms with Gasteiger partial charge < -0.3 is 9.47 Å². The quantitative estimate of drug-likeness (QED) is 0.491. The van der Waals surface area contributed by atoms with Crippen molar-refractivity contribution < 1.29 is 19.1 Å². The first-order valence-corrected chi connectivity index (χ1v) is 6.50. The molecule has 0 unspecified atom stereocenters. The summed E-state index contributed by atoms with van der Waals surface area (Å²) in [5.41, 5.74) is 1.34. The Bertz CT molecular complexity index is 716. The van der Waals surface area contributed by atoms with Crippen LogP contribution in [0.5, 0.6) is 5.75 Å². The van der Waals surface area contributed by atoms with Gasteiger partial charge in [0.1, 0.15) is 5.75 Å². The van der Waals surface area contributed by atoms with Gasteiger partial charge in [0.25, 0.3) is 0 Å². The van der Waals surface area contributed by atoms with Crippen LogP contribution < -0.4 is 4.74 Å². The van der Waals surface area contributed by atoms with E-state index < -0.39 is 18.5 Å². The molecule has 0 amide bonds. The second-order valence-corrected chi connectivity index (χ2v) is 4.76. The van der Waals surface area contributed by atoms with E-state index in [1.54, 1.807) is 6.07 Å². The van der Waals surface area contributed by atoms with Gasteiger partial charge in [0.15, 0.2) is 6.61 Å². The van der Waals surface area contributed by atoms with Crippen LogP contribution in [0.3, 0.4) is 0 Å². The molecule has 0 saturated heterocycles. The van der Waals surface area contributed by atoms with Gasteiger partial charge in [-0.25, -0.2) is 9.59 Å². The van der Waals surface area contributed by atoms with E-state index in [2.05, 4.69) is 6.58 Å². The van der Waals surface area contributed by atoms with E-state index in [-0.39, 0.29) is 5.57 Å². The maximum absolute atomic E-state index is 11.7. The third-order valence-electron chi connectivity index (χ3n) is 2.99. The van der Waals surface area contributed by atoms with Gasteiger partial charge in [0.2, 0.25) is 0 Å². The van der Waals surface area contributed by atoms with Crippen molar-refractivity contribution in [1.82, 2.24) is 0 Å². The normalized spacial score (nSPS) is 10.2. The molecule has 4 nitrogen and oxygen atoms in total. The molecule has 0 heterocycles. The van der Waals surface area contributed by atoms with E-state index in [1.807, 2.05) is 37.3 Å². The summed E-state index contributed by atoms with van der Waals surface area (Å²) in [6.07, 6.45) is 0. The molecule has 0 aliphatic rings. The number of esters is 2. The molecular weight excluding hydrogens is 268 g/mol. The third kappa shape index (κ3) is 3.48. The molecule has 0 radical (unpaired) electrons. The summed E-state index contributed by atoms with van der Waals surface area (Å²) in [5, 5.41) is 1.86. The van der Waals surface area contributed by atoms with Crippen molar-refractivity contribution in [2.24, 2.45) is 0 Å². The maximum Gasteiger partial charge on any atom is 0.349 e. The van der Waals surface area contributed by atoms with Crippen molar-refractivity contribution in [2.45, 2.75) is 13.8 Å². The number of carbonyl (C=O) groups excluding carboxylic acids is 2. The number of carbonyl (C=O) groups is 2. The molecule has 0 spiro atoms. The van der Waals surface area contributed by atoms with Gasteiger partial charge in [-0.05, 0) is 30.9 Å². The average molecular weight is 284 g/mol. The third-order valence-corrected chi connectivity index (χ3v) is 2.99. The molecule has 0 fully saturated rings. The molecule has 0 aliphatic heterocycles. The molecule has 0 N–H and O–H groups in total. The summed E-state index contributed by atoms with van der Waals surface area (Å²) < 4.78 is 10.0. The number of ether oxygens (including phenoxy) is 2. The lowest BCUT2D eigenvalue weighted by molar-refractivity contribution is -0.150. The summed E-state index contributed by atoms with van der Waals surface area (Å²) in [5.74, 6) is -0.785. The van der Waals surface area contributed by atoms with E-state index in [1.165, 1.54) is 6.92 Å². The summed E-state index contributed by atoms with van der Waals surface area (Å²) in [4.78, 5) is 23.0. The molecule has 0 atom stereocenters. The number of fused-ring (bicyclic) bond motifs is 1. The zero-order chi connectivity index (χ0) is 15.4. The van der Waals surface area contributed by atoms with E-state index in [0.29, 0.717) is 5.75 Å². The second kappa shape index (κ2) is 6.22. The molecule has 0 aliphatic carbocycles. The molecular formula is C17H16O4. The number of benzene rings is 2. The summed E-state index contributed by atoms with van der Waals surface area (Å²) in [6.45, 7) is 6.51. The minimum absolute atomic E-state index is 0.239. The Hall–Kier alpha value is -2.62. The highest BCUT2D eigenvalue weighted by Crippen LogP contribution is 2.27. The lowest BCUT2D eigenvalue weighted by Gasteiger charge is -2.09.